The molecule has 13 heteroatoms. The van der Waals surface area contributed by atoms with E-state index in [2.05, 4.69) is 4.99 Å². The molecule has 0 spiro atoms. The second kappa shape index (κ2) is 7.26. The minimum atomic E-state index is -6.55. The predicted octanol–water partition coefficient (Wildman–Crippen LogP) is 8.14. The molecule has 0 amide bonds. The number of halogens is 12. The Balaban J connectivity index is 2.07. The van der Waals surface area contributed by atoms with Gasteiger partial charge in [0.25, 0.3) is 0 Å². The first kappa shape index (κ1) is 23.6. The molecule has 1 heterocycles. The first-order chi connectivity index (χ1) is 14.0. The van der Waals surface area contributed by atoms with E-state index in [9.17, 15) is 43.9 Å². The number of hydrogen-bond donors (Lipinski definition) is 0. The number of fused-ring (bicyclic) bond motifs is 1. The Morgan fingerprint density at radius 2 is 1.39 bits per heavy atom. The van der Waals surface area contributed by atoms with Gasteiger partial charge in [0, 0.05) is 17.0 Å². The summed E-state index contributed by atoms with van der Waals surface area (Å²) in [5.74, 6) is -12.1. The second-order valence-electron chi connectivity index (χ2n) is 6.53. The molecule has 2 aromatic rings. The third-order valence-electron chi connectivity index (χ3n) is 4.47. The molecule has 0 aromatic heterocycles. The lowest BCUT2D eigenvalue weighted by Gasteiger charge is -2.28. The van der Waals surface area contributed by atoms with Crippen LogP contribution in [0.3, 0.4) is 0 Å². The molecule has 0 unspecified atom stereocenters. The smallest absolute Gasteiger partial charge is 0.251 e. The number of nitrogens with zero attached hydrogens (tertiary/aromatic N) is 1. The molecule has 0 fully saturated rings. The van der Waals surface area contributed by atoms with Crippen molar-refractivity contribution in [3.05, 3.63) is 51.5 Å². The molecule has 1 aliphatic heterocycles. The normalized spacial score (nSPS) is 15.2. The van der Waals surface area contributed by atoms with Crippen molar-refractivity contribution in [1.29, 1.82) is 0 Å². The lowest BCUT2D eigenvalue weighted by Crippen LogP contribution is -2.56. The molecule has 1 aliphatic rings. The minimum absolute atomic E-state index is 0.256. The Morgan fingerprint density at radius 3 is 1.94 bits per heavy atom. The highest BCUT2D eigenvalue weighted by Crippen LogP contribution is 2.50. The highest BCUT2D eigenvalue weighted by Gasteiger charge is 2.75. The van der Waals surface area contributed by atoms with Crippen LogP contribution in [-0.4, -0.2) is 23.7 Å². The van der Waals surface area contributed by atoms with Gasteiger partial charge in [-0.15, -0.1) is 0 Å². The zero-order valence-corrected chi connectivity index (χ0v) is 16.1. The number of benzene rings is 2. The highest BCUT2D eigenvalue weighted by atomic mass is 35.5. The standard InChI is InChI=1S/C18H7Cl2F10N/c19-8-1-2-9(11(5-8)16(23,24)25)10-3-7-4-14(31-13(7)6-12(10)20)15(21,22)17(26,27)18(28,29)30/h1-3,5-6H,4H2. The van der Waals surface area contributed by atoms with Gasteiger partial charge in [0.1, 0.15) is 0 Å². The summed E-state index contributed by atoms with van der Waals surface area (Å²) >= 11 is 11.5. The number of aliphatic imine (C=N–C) groups is 1. The van der Waals surface area contributed by atoms with Crippen LogP contribution in [0, 0.1) is 0 Å². The van der Waals surface area contributed by atoms with E-state index in [1.165, 1.54) is 0 Å². The lowest BCUT2D eigenvalue weighted by atomic mass is 9.95. The molecule has 0 saturated heterocycles. The third kappa shape index (κ3) is 3.97. The van der Waals surface area contributed by atoms with Gasteiger partial charge in [-0.2, -0.15) is 43.9 Å². The quantitative estimate of drug-likeness (QED) is 0.379. The van der Waals surface area contributed by atoms with Gasteiger partial charge in [-0.3, -0.25) is 4.99 Å². The van der Waals surface area contributed by atoms with E-state index in [1.54, 1.807) is 0 Å². The predicted molar refractivity (Wildman–Crippen MR) is 93.6 cm³/mol. The fourth-order valence-corrected chi connectivity index (χ4v) is 3.38. The molecule has 2 aromatic carbocycles. The molecule has 1 nitrogen and oxygen atoms in total. The molecule has 0 N–H and O–H groups in total. The van der Waals surface area contributed by atoms with E-state index in [-0.39, 0.29) is 16.1 Å². The van der Waals surface area contributed by atoms with Crippen LogP contribution in [0.2, 0.25) is 10.0 Å². The van der Waals surface area contributed by atoms with E-state index in [4.69, 9.17) is 23.2 Å². The first-order valence-corrected chi connectivity index (χ1v) is 8.82. The van der Waals surface area contributed by atoms with Crippen molar-refractivity contribution in [2.24, 2.45) is 4.99 Å². The van der Waals surface area contributed by atoms with Gasteiger partial charge < -0.3 is 0 Å². The monoisotopic (exact) mass is 497 g/mol. The lowest BCUT2D eigenvalue weighted by molar-refractivity contribution is -0.336. The number of rotatable bonds is 3. The summed E-state index contributed by atoms with van der Waals surface area (Å²) < 4.78 is 132. The second-order valence-corrected chi connectivity index (χ2v) is 7.37. The van der Waals surface area contributed by atoms with Gasteiger partial charge in [-0.05, 0) is 35.4 Å². The van der Waals surface area contributed by atoms with Crippen LogP contribution in [0.25, 0.3) is 11.1 Å². The molecule has 3 rings (SSSR count). The maximum absolute atomic E-state index is 14.0. The van der Waals surface area contributed by atoms with Crippen molar-refractivity contribution >= 4 is 34.6 Å². The minimum Gasteiger partial charge on any atom is -0.251 e. The zero-order chi connectivity index (χ0) is 23.6. The molecule has 31 heavy (non-hydrogen) atoms. The van der Waals surface area contributed by atoms with Crippen LogP contribution in [0.5, 0.6) is 0 Å². The van der Waals surface area contributed by atoms with Gasteiger partial charge >= 0.3 is 24.2 Å². The molecule has 0 bridgehead atoms. The summed E-state index contributed by atoms with van der Waals surface area (Å²) in [6.07, 6.45) is -12.6. The van der Waals surface area contributed by atoms with Gasteiger partial charge in [0.15, 0.2) is 0 Å². The van der Waals surface area contributed by atoms with Crippen LogP contribution in [0.1, 0.15) is 11.1 Å². The van der Waals surface area contributed by atoms with Crippen LogP contribution in [0.15, 0.2) is 35.3 Å². The molecule has 0 aliphatic carbocycles. The SMILES string of the molecule is FC(F)(F)c1cc(Cl)ccc1-c1cc2c(cc1Cl)N=C(C(F)(F)C(F)(F)C(F)(F)F)C2. The molecule has 0 atom stereocenters. The van der Waals surface area contributed by atoms with Crippen molar-refractivity contribution in [1.82, 2.24) is 0 Å². The third-order valence-corrected chi connectivity index (χ3v) is 5.02. The van der Waals surface area contributed by atoms with Gasteiger partial charge in [0.2, 0.25) is 0 Å². The summed E-state index contributed by atoms with van der Waals surface area (Å²) in [6, 6.07) is 4.36. The van der Waals surface area contributed by atoms with Crippen LogP contribution >= 0.6 is 23.2 Å². The Hall–Kier alpha value is -2.01. The fourth-order valence-electron chi connectivity index (χ4n) is 2.95. The van der Waals surface area contributed by atoms with Crippen LogP contribution < -0.4 is 0 Å². The Morgan fingerprint density at radius 1 is 0.774 bits per heavy atom. The molecular formula is C18H7Cl2F10N. The van der Waals surface area contributed by atoms with Gasteiger partial charge in [-0.25, -0.2) is 0 Å². The average molecular weight is 498 g/mol. The number of hydrogen-bond acceptors (Lipinski definition) is 1. The van der Waals surface area contributed by atoms with E-state index < -0.39 is 58.2 Å². The van der Waals surface area contributed by atoms with Crippen molar-refractivity contribution in [3.63, 3.8) is 0 Å². The van der Waals surface area contributed by atoms with E-state index in [0.29, 0.717) is 6.07 Å². The summed E-state index contributed by atoms with van der Waals surface area (Å²) in [5.41, 5.74) is -4.56. The molecule has 0 saturated carbocycles. The molecule has 168 valence electrons. The zero-order valence-electron chi connectivity index (χ0n) is 14.6. The Kier molecular flexibility index (Phi) is 5.54. The average Bonchev–Trinajstić information content (AvgIpc) is 3.02. The first-order valence-electron chi connectivity index (χ1n) is 8.06. The largest absolute Gasteiger partial charge is 0.460 e. The topological polar surface area (TPSA) is 12.4 Å². The fraction of sp³-hybridized carbons (Fsp3) is 0.278. The van der Waals surface area contributed by atoms with E-state index >= 15 is 0 Å². The highest BCUT2D eigenvalue weighted by molar-refractivity contribution is 6.34. The van der Waals surface area contributed by atoms with Crippen molar-refractivity contribution in [3.8, 4) is 11.1 Å². The summed E-state index contributed by atoms with van der Waals surface area (Å²) in [7, 11) is 0. The van der Waals surface area contributed by atoms with Crippen molar-refractivity contribution in [2.45, 2.75) is 30.6 Å². The summed E-state index contributed by atoms with van der Waals surface area (Å²) in [5, 5.41) is -0.671. The van der Waals surface area contributed by atoms with Gasteiger partial charge in [0.05, 0.1) is 22.0 Å². The summed E-state index contributed by atoms with van der Waals surface area (Å²) in [4.78, 5) is 3.14. The maximum Gasteiger partial charge on any atom is 0.460 e. The molecular weight excluding hydrogens is 491 g/mol. The summed E-state index contributed by atoms with van der Waals surface area (Å²) in [6.45, 7) is 0. The Bertz CT molecular complexity index is 1070. The van der Waals surface area contributed by atoms with Crippen LogP contribution in [0.4, 0.5) is 49.6 Å². The van der Waals surface area contributed by atoms with E-state index in [1.807, 2.05) is 0 Å². The Labute approximate surface area is 177 Å². The molecule has 0 radical (unpaired) electrons. The van der Waals surface area contributed by atoms with E-state index in [0.717, 1.165) is 24.3 Å². The van der Waals surface area contributed by atoms with Crippen molar-refractivity contribution < 1.29 is 43.9 Å². The van der Waals surface area contributed by atoms with Crippen molar-refractivity contribution in [2.75, 3.05) is 0 Å². The van der Waals surface area contributed by atoms with Gasteiger partial charge in [-0.1, -0.05) is 29.3 Å². The van der Waals surface area contributed by atoms with Crippen LogP contribution in [-0.2, 0) is 12.6 Å². The number of alkyl halides is 10. The maximum atomic E-state index is 14.0.